The van der Waals surface area contributed by atoms with Crippen LogP contribution in [-0.2, 0) is 16.6 Å². The van der Waals surface area contributed by atoms with Gasteiger partial charge in [-0.1, -0.05) is 12.1 Å². The van der Waals surface area contributed by atoms with Crippen molar-refractivity contribution in [2.24, 2.45) is 0 Å². The van der Waals surface area contributed by atoms with Gasteiger partial charge in [-0.05, 0) is 57.3 Å². The monoisotopic (exact) mass is 342 g/mol. The molecule has 1 aromatic carbocycles. The summed E-state index contributed by atoms with van der Waals surface area (Å²) in [5.74, 6) is 0.935. The van der Waals surface area contributed by atoms with E-state index in [-0.39, 0.29) is 24.1 Å². The summed E-state index contributed by atoms with van der Waals surface area (Å²) in [5.41, 5.74) is 2.49. The summed E-state index contributed by atoms with van der Waals surface area (Å²) >= 11 is 0. The third kappa shape index (κ3) is 1.69. The van der Waals surface area contributed by atoms with Crippen LogP contribution in [0.3, 0.4) is 0 Å². The summed E-state index contributed by atoms with van der Waals surface area (Å²) in [5, 5.41) is 15.1. The van der Waals surface area contributed by atoms with Gasteiger partial charge in [-0.3, -0.25) is 4.79 Å². The number of carbonyl (C=O) groups is 1. The van der Waals surface area contributed by atoms with E-state index < -0.39 is 11.0 Å². The number of piperidine rings is 1. The fraction of sp³-hybridized carbons (Fsp3) is 0.650. The van der Waals surface area contributed by atoms with E-state index in [1.807, 2.05) is 0 Å². The highest BCUT2D eigenvalue weighted by atomic mass is 16.5. The molecule has 4 unspecified atom stereocenters. The molecular weight excluding hydrogens is 316 g/mol. The van der Waals surface area contributed by atoms with Crippen molar-refractivity contribution >= 4 is 5.91 Å². The van der Waals surface area contributed by atoms with Crippen LogP contribution in [-0.4, -0.2) is 53.3 Å². The number of likely N-dealkylation sites (tertiary alicyclic amines) is 1. The Morgan fingerprint density at radius 2 is 2.20 bits per heavy atom. The van der Waals surface area contributed by atoms with E-state index in [1.165, 1.54) is 11.1 Å². The van der Waals surface area contributed by atoms with Crippen molar-refractivity contribution in [2.45, 2.75) is 68.7 Å². The zero-order chi connectivity index (χ0) is 17.6. The van der Waals surface area contributed by atoms with Gasteiger partial charge in [-0.25, -0.2) is 0 Å². The van der Waals surface area contributed by atoms with Gasteiger partial charge in [0, 0.05) is 18.5 Å². The molecule has 25 heavy (non-hydrogen) atoms. The van der Waals surface area contributed by atoms with Gasteiger partial charge in [0.2, 0.25) is 5.91 Å². The van der Waals surface area contributed by atoms with E-state index in [2.05, 4.69) is 36.3 Å². The minimum Gasteiger partial charge on any atom is -0.487 e. The SMILES string of the molecule is CC(=O)NC1CC[C@]2(O)C3Cc4ccc(C)c5c4C2(CCN3C)C1O5. The molecule has 1 aromatic rings. The van der Waals surface area contributed by atoms with Crippen LogP contribution < -0.4 is 10.1 Å². The Bertz CT molecular complexity index is 778. The van der Waals surface area contributed by atoms with E-state index in [9.17, 15) is 9.90 Å². The molecule has 1 amide bonds. The summed E-state index contributed by atoms with van der Waals surface area (Å²) < 4.78 is 6.53. The van der Waals surface area contributed by atoms with Gasteiger partial charge in [0.1, 0.15) is 11.9 Å². The molecule has 0 aromatic heterocycles. The Balaban J connectivity index is 1.76. The lowest BCUT2D eigenvalue weighted by Crippen LogP contribution is -2.77. The van der Waals surface area contributed by atoms with Crippen molar-refractivity contribution in [2.75, 3.05) is 13.6 Å². The largest absolute Gasteiger partial charge is 0.487 e. The van der Waals surface area contributed by atoms with Crippen molar-refractivity contribution in [1.29, 1.82) is 0 Å². The van der Waals surface area contributed by atoms with Gasteiger partial charge in [-0.15, -0.1) is 0 Å². The minimum atomic E-state index is -0.786. The van der Waals surface area contributed by atoms with Gasteiger partial charge in [0.15, 0.2) is 0 Å². The standard InChI is InChI=1S/C20H26N2O3/c1-11-4-5-13-10-15-20(24)7-6-14(21-12(2)23)18-19(20,8-9-22(15)3)16(13)17(11)25-18/h4-5,14-15,18,24H,6-10H2,1-3H3,(H,21,23)/t14?,15?,18?,19?,20-/m0/s1. The molecule has 2 heterocycles. The van der Waals surface area contributed by atoms with Crippen molar-refractivity contribution in [3.8, 4) is 5.75 Å². The first-order valence-electron chi connectivity index (χ1n) is 9.38. The normalized spacial score (nSPS) is 41.0. The van der Waals surface area contributed by atoms with E-state index in [4.69, 9.17) is 4.74 Å². The number of amides is 1. The molecule has 2 N–H and O–H groups in total. The summed E-state index contributed by atoms with van der Waals surface area (Å²) in [4.78, 5) is 14.1. The third-order valence-corrected chi connectivity index (χ3v) is 7.34. The molecule has 1 saturated carbocycles. The lowest BCUT2D eigenvalue weighted by Gasteiger charge is -2.63. The predicted octanol–water partition coefficient (Wildman–Crippen LogP) is 1.28. The summed E-state index contributed by atoms with van der Waals surface area (Å²) in [7, 11) is 2.13. The maximum Gasteiger partial charge on any atom is 0.217 e. The Hall–Kier alpha value is -1.59. The first kappa shape index (κ1) is 15.6. The highest BCUT2D eigenvalue weighted by molar-refractivity contribution is 5.73. The maximum atomic E-state index is 12.0. The summed E-state index contributed by atoms with van der Waals surface area (Å²) in [6.07, 6.45) is 3.04. The number of hydrogen-bond acceptors (Lipinski definition) is 4. The molecule has 1 spiro atoms. The number of likely N-dealkylation sites (N-methyl/N-ethyl adjacent to an activating group) is 1. The number of ether oxygens (including phenoxy) is 1. The van der Waals surface area contributed by atoms with Crippen LogP contribution in [0.2, 0.25) is 0 Å². The third-order valence-electron chi connectivity index (χ3n) is 7.34. The molecule has 5 heteroatoms. The van der Waals surface area contributed by atoms with Gasteiger partial charge in [-0.2, -0.15) is 0 Å². The van der Waals surface area contributed by atoms with Crippen molar-refractivity contribution in [1.82, 2.24) is 10.2 Å². The van der Waals surface area contributed by atoms with Crippen LogP contribution in [0, 0.1) is 6.92 Å². The zero-order valence-electron chi connectivity index (χ0n) is 15.1. The summed E-state index contributed by atoms with van der Waals surface area (Å²) in [6.45, 7) is 4.60. The molecule has 5 nitrogen and oxygen atoms in total. The van der Waals surface area contributed by atoms with Crippen LogP contribution in [0.4, 0.5) is 0 Å². The van der Waals surface area contributed by atoms with Gasteiger partial charge in [0.25, 0.3) is 0 Å². The van der Waals surface area contributed by atoms with Crippen molar-refractivity contribution in [3.05, 3.63) is 28.8 Å². The summed E-state index contributed by atoms with van der Waals surface area (Å²) in [6, 6.07) is 4.43. The van der Waals surface area contributed by atoms with E-state index in [0.717, 1.165) is 37.1 Å². The molecule has 4 aliphatic rings. The predicted molar refractivity (Wildman–Crippen MR) is 93.8 cm³/mol. The second-order valence-electron chi connectivity index (χ2n) is 8.48. The Kier molecular flexibility index (Phi) is 2.99. The number of benzene rings is 1. The Morgan fingerprint density at radius 3 is 2.96 bits per heavy atom. The second kappa shape index (κ2) is 4.77. The fourth-order valence-electron chi connectivity index (χ4n) is 6.31. The molecule has 2 bridgehead atoms. The number of rotatable bonds is 1. The molecule has 5 rings (SSSR count). The van der Waals surface area contributed by atoms with Crippen LogP contribution in [0.25, 0.3) is 0 Å². The quantitative estimate of drug-likeness (QED) is 0.807. The number of aryl methyl sites for hydroxylation is 1. The lowest BCUT2D eigenvalue weighted by molar-refractivity contribution is -0.187. The first-order chi connectivity index (χ1) is 11.9. The van der Waals surface area contributed by atoms with E-state index >= 15 is 0 Å². The average molecular weight is 342 g/mol. The molecular formula is C20H26N2O3. The molecule has 2 fully saturated rings. The van der Waals surface area contributed by atoms with Crippen molar-refractivity contribution in [3.63, 3.8) is 0 Å². The van der Waals surface area contributed by atoms with Crippen LogP contribution in [0.1, 0.15) is 42.9 Å². The van der Waals surface area contributed by atoms with Crippen LogP contribution in [0.15, 0.2) is 12.1 Å². The molecule has 2 aliphatic heterocycles. The van der Waals surface area contributed by atoms with Crippen LogP contribution in [0.5, 0.6) is 5.75 Å². The number of carbonyl (C=O) groups excluding carboxylic acids is 1. The van der Waals surface area contributed by atoms with Gasteiger partial charge < -0.3 is 20.1 Å². The van der Waals surface area contributed by atoms with E-state index in [1.54, 1.807) is 6.92 Å². The highest BCUT2D eigenvalue weighted by Crippen LogP contribution is 2.64. The maximum absolute atomic E-state index is 12.0. The number of hydrogen-bond donors (Lipinski definition) is 2. The Labute approximate surface area is 148 Å². The smallest absolute Gasteiger partial charge is 0.217 e. The number of nitrogens with one attached hydrogen (secondary N) is 1. The minimum absolute atomic E-state index is 0.0244. The zero-order valence-corrected chi connectivity index (χ0v) is 15.1. The molecule has 5 atom stereocenters. The average Bonchev–Trinajstić information content (AvgIpc) is 2.91. The molecule has 134 valence electrons. The molecule has 0 radical (unpaired) electrons. The Morgan fingerprint density at radius 1 is 1.40 bits per heavy atom. The van der Waals surface area contributed by atoms with Crippen LogP contribution >= 0.6 is 0 Å². The number of nitrogens with zero attached hydrogens (tertiary/aromatic N) is 1. The number of aliphatic hydroxyl groups is 1. The molecule has 2 aliphatic carbocycles. The molecule has 1 saturated heterocycles. The van der Waals surface area contributed by atoms with Crippen molar-refractivity contribution < 1.29 is 14.6 Å². The first-order valence-corrected chi connectivity index (χ1v) is 9.38. The van der Waals surface area contributed by atoms with E-state index in [0.29, 0.717) is 6.42 Å². The lowest BCUT2D eigenvalue weighted by atomic mass is 9.48. The second-order valence-corrected chi connectivity index (χ2v) is 8.48. The topological polar surface area (TPSA) is 61.8 Å². The highest BCUT2D eigenvalue weighted by Gasteiger charge is 2.72. The van der Waals surface area contributed by atoms with Gasteiger partial charge in [0.05, 0.1) is 17.1 Å². The fourth-order valence-corrected chi connectivity index (χ4v) is 6.31. The van der Waals surface area contributed by atoms with Gasteiger partial charge >= 0.3 is 0 Å².